The van der Waals surface area contributed by atoms with Crippen LogP contribution < -0.4 is 4.74 Å². The normalized spacial score (nSPS) is 15.5. The van der Waals surface area contributed by atoms with Crippen molar-refractivity contribution < 1.29 is 17.9 Å². The van der Waals surface area contributed by atoms with Crippen LogP contribution in [-0.4, -0.2) is 31.8 Å². The van der Waals surface area contributed by atoms with Crippen LogP contribution in [0.2, 0.25) is 10.0 Å². The molecule has 5 nitrogen and oxygen atoms in total. The number of esters is 1. The van der Waals surface area contributed by atoms with E-state index >= 15 is 0 Å². The van der Waals surface area contributed by atoms with E-state index in [0.717, 1.165) is 23.7 Å². The molecule has 27 heavy (non-hydrogen) atoms. The zero-order valence-electron chi connectivity index (χ0n) is 14.1. The Morgan fingerprint density at radius 1 is 1.00 bits per heavy atom. The summed E-state index contributed by atoms with van der Waals surface area (Å²) in [6.45, 7) is 0.943. The average molecular weight is 493 g/mol. The van der Waals surface area contributed by atoms with Gasteiger partial charge in [-0.2, -0.15) is 4.31 Å². The first-order valence-electron chi connectivity index (χ1n) is 8.26. The van der Waals surface area contributed by atoms with Crippen LogP contribution in [0.5, 0.6) is 5.75 Å². The Morgan fingerprint density at radius 3 is 2.37 bits per heavy atom. The fourth-order valence-electron chi connectivity index (χ4n) is 2.79. The van der Waals surface area contributed by atoms with Crippen LogP contribution in [0.25, 0.3) is 0 Å². The Balaban J connectivity index is 1.89. The summed E-state index contributed by atoms with van der Waals surface area (Å²) >= 11 is 15.4. The predicted molar refractivity (Wildman–Crippen MR) is 108 cm³/mol. The topological polar surface area (TPSA) is 63.7 Å². The highest BCUT2D eigenvalue weighted by Gasteiger charge is 2.27. The summed E-state index contributed by atoms with van der Waals surface area (Å²) in [6, 6.07) is 8.83. The van der Waals surface area contributed by atoms with Gasteiger partial charge in [0.2, 0.25) is 10.0 Å². The van der Waals surface area contributed by atoms with Gasteiger partial charge in [0.05, 0.1) is 20.5 Å². The van der Waals surface area contributed by atoms with Gasteiger partial charge in [-0.1, -0.05) is 45.6 Å². The Kier molecular flexibility index (Phi) is 6.48. The largest absolute Gasteiger partial charge is 0.421 e. The molecule has 2 aromatic carbocycles. The molecule has 1 aliphatic heterocycles. The summed E-state index contributed by atoms with van der Waals surface area (Å²) in [4.78, 5) is 12.6. The van der Waals surface area contributed by atoms with Crippen molar-refractivity contribution in [1.29, 1.82) is 0 Å². The monoisotopic (exact) mass is 491 g/mol. The lowest BCUT2D eigenvalue weighted by atomic mass is 10.2. The minimum atomic E-state index is -3.69. The minimum Gasteiger partial charge on any atom is -0.421 e. The molecule has 3 rings (SSSR count). The third-order valence-corrected chi connectivity index (χ3v) is 7.22. The van der Waals surface area contributed by atoms with Gasteiger partial charge in [0.1, 0.15) is 5.75 Å². The molecule has 0 atom stereocenters. The summed E-state index contributed by atoms with van der Waals surface area (Å²) in [5, 5.41) is 0.344. The molecule has 0 bridgehead atoms. The molecule has 2 aromatic rings. The number of nitrogens with zero attached hydrogens (tertiary/aromatic N) is 1. The molecule has 1 aliphatic rings. The Bertz CT molecular complexity index is 975. The molecule has 0 amide bonds. The first-order chi connectivity index (χ1) is 12.8. The van der Waals surface area contributed by atoms with Crippen LogP contribution in [0.1, 0.15) is 29.6 Å². The van der Waals surface area contributed by atoms with Crippen LogP contribution >= 0.6 is 39.1 Å². The highest BCUT2D eigenvalue weighted by molar-refractivity contribution is 9.10. The maximum Gasteiger partial charge on any atom is 0.345 e. The first-order valence-corrected chi connectivity index (χ1v) is 11.2. The summed E-state index contributed by atoms with van der Waals surface area (Å²) in [6.07, 6.45) is 2.66. The van der Waals surface area contributed by atoms with Gasteiger partial charge in [-0.15, -0.1) is 0 Å². The van der Waals surface area contributed by atoms with Crippen molar-refractivity contribution in [3.63, 3.8) is 0 Å². The molecular weight excluding hydrogens is 477 g/mol. The molecular formula is C18H16BrCl2NO4S. The molecule has 1 heterocycles. The van der Waals surface area contributed by atoms with Crippen LogP contribution in [0.15, 0.2) is 45.8 Å². The molecule has 0 saturated carbocycles. The van der Waals surface area contributed by atoms with Crippen molar-refractivity contribution in [2.24, 2.45) is 0 Å². The first kappa shape index (κ1) is 20.6. The van der Waals surface area contributed by atoms with E-state index in [4.69, 9.17) is 27.9 Å². The second-order valence-corrected chi connectivity index (χ2v) is 9.74. The van der Waals surface area contributed by atoms with Crippen molar-refractivity contribution >= 4 is 55.1 Å². The van der Waals surface area contributed by atoms with E-state index in [-0.39, 0.29) is 26.3 Å². The van der Waals surface area contributed by atoms with Crippen molar-refractivity contribution in [3.8, 4) is 5.75 Å². The van der Waals surface area contributed by atoms with Gasteiger partial charge >= 0.3 is 5.97 Å². The second kappa shape index (κ2) is 8.49. The lowest BCUT2D eigenvalue weighted by Crippen LogP contribution is -2.35. The molecule has 0 spiro atoms. The van der Waals surface area contributed by atoms with E-state index in [2.05, 4.69) is 15.9 Å². The van der Waals surface area contributed by atoms with E-state index in [1.807, 2.05) is 0 Å². The van der Waals surface area contributed by atoms with Crippen molar-refractivity contribution in [2.75, 3.05) is 13.1 Å². The molecule has 0 N–H and O–H groups in total. The van der Waals surface area contributed by atoms with E-state index in [9.17, 15) is 13.2 Å². The molecule has 1 saturated heterocycles. The average Bonchev–Trinajstić information content (AvgIpc) is 2.65. The van der Waals surface area contributed by atoms with Crippen LogP contribution in [-0.2, 0) is 10.0 Å². The van der Waals surface area contributed by atoms with Gasteiger partial charge in [-0.25, -0.2) is 13.2 Å². The maximum atomic E-state index is 12.8. The highest BCUT2D eigenvalue weighted by atomic mass is 79.9. The third kappa shape index (κ3) is 4.66. The third-order valence-electron chi connectivity index (χ3n) is 4.21. The summed E-state index contributed by atoms with van der Waals surface area (Å²) in [7, 11) is -3.69. The van der Waals surface area contributed by atoms with Crippen LogP contribution in [0.3, 0.4) is 0 Å². The number of carbonyl (C=O) groups is 1. The second-order valence-electron chi connectivity index (χ2n) is 6.07. The molecule has 9 heteroatoms. The molecule has 0 aliphatic carbocycles. The van der Waals surface area contributed by atoms with Crippen molar-refractivity contribution in [2.45, 2.75) is 24.2 Å². The lowest BCUT2D eigenvalue weighted by Gasteiger charge is -2.26. The molecule has 1 fully saturated rings. The molecule has 144 valence electrons. The van der Waals surface area contributed by atoms with E-state index < -0.39 is 16.0 Å². The number of rotatable bonds is 4. The number of hydrogen-bond acceptors (Lipinski definition) is 4. The van der Waals surface area contributed by atoms with Crippen LogP contribution in [0, 0.1) is 0 Å². The van der Waals surface area contributed by atoms with Gasteiger partial charge < -0.3 is 4.74 Å². The summed E-state index contributed by atoms with van der Waals surface area (Å²) in [5.41, 5.74) is -0.0336. The molecule has 0 radical (unpaired) electrons. The van der Waals surface area contributed by atoms with Crippen LogP contribution in [0.4, 0.5) is 0 Å². The fourth-order valence-corrected chi connectivity index (χ4v) is 5.24. The van der Waals surface area contributed by atoms with Gasteiger partial charge in [0.25, 0.3) is 0 Å². The number of sulfonamides is 1. The SMILES string of the molecule is O=C(Oc1ccc(Br)cc1Cl)c1cc(S(=O)(=O)N2CCCCC2)ccc1Cl. The van der Waals surface area contributed by atoms with Gasteiger partial charge in [0.15, 0.2) is 0 Å². The van der Waals surface area contributed by atoms with Crippen molar-refractivity contribution in [1.82, 2.24) is 4.31 Å². The summed E-state index contributed by atoms with van der Waals surface area (Å²) in [5.74, 6) is -0.620. The molecule has 0 unspecified atom stereocenters. The zero-order chi connectivity index (χ0) is 19.6. The smallest absolute Gasteiger partial charge is 0.345 e. The Morgan fingerprint density at radius 2 is 1.70 bits per heavy atom. The highest BCUT2D eigenvalue weighted by Crippen LogP contribution is 2.30. The predicted octanol–water partition coefficient (Wildman–Crippen LogP) is 5.15. The van der Waals surface area contributed by atoms with Gasteiger partial charge in [-0.3, -0.25) is 0 Å². The number of benzene rings is 2. The number of hydrogen-bond donors (Lipinski definition) is 0. The van der Waals surface area contributed by atoms with Gasteiger partial charge in [-0.05, 0) is 49.2 Å². The lowest BCUT2D eigenvalue weighted by molar-refractivity contribution is 0.0734. The summed E-state index contributed by atoms with van der Waals surface area (Å²) < 4.78 is 33.1. The number of ether oxygens (including phenoxy) is 1. The van der Waals surface area contributed by atoms with E-state index in [1.54, 1.807) is 12.1 Å². The van der Waals surface area contributed by atoms with E-state index in [1.165, 1.54) is 28.6 Å². The van der Waals surface area contributed by atoms with Crippen molar-refractivity contribution in [3.05, 3.63) is 56.5 Å². The Hall–Kier alpha value is -1.12. The Labute approximate surface area is 176 Å². The standard InChI is InChI=1S/C18H16BrCl2NO4S/c19-12-4-7-17(16(21)10-12)26-18(23)14-11-13(5-6-15(14)20)27(24,25)22-8-2-1-3-9-22/h4-7,10-11H,1-3,8-9H2. The number of halogens is 3. The van der Waals surface area contributed by atoms with E-state index in [0.29, 0.717) is 13.1 Å². The van der Waals surface area contributed by atoms with Gasteiger partial charge in [0, 0.05) is 17.6 Å². The number of piperidine rings is 1. The zero-order valence-corrected chi connectivity index (χ0v) is 18.0. The quantitative estimate of drug-likeness (QED) is 0.437. The fraction of sp³-hybridized carbons (Fsp3) is 0.278. The minimum absolute atomic E-state index is 0.0163. The number of carbonyl (C=O) groups excluding carboxylic acids is 1. The molecule has 0 aromatic heterocycles. The maximum absolute atomic E-state index is 12.8.